The van der Waals surface area contributed by atoms with Crippen LogP contribution in [-0.2, 0) is 0 Å². The Bertz CT molecular complexity index is 748. The fourth-order valence-electron chi connectivity index (χ4n) is 3.38. The van der Waals surface area contributed by atoms with E-state index < -0.39 is 10.8 Å². The van der Waals surface area contributed by atoms with E-state index in [4.69, 9.17) is 0 Å². The highest BCUT2D eigenvalue weighted by Crippen LogP contribution is 2.51. The molecule has 0 spiro atoms. The van der Waals surface area contributed by atoms with Crippen LogP contribution in [0.2, 0.25) is 0 Å². The van der Waals surface area contributed by atoms with Gasteiger partial charge in [-0.15, -0.1) is 23.6 Å². The molecule has 1 aliphatic heterocycles. The quantitative estimate of drug-likeness (QED) is 0.322. The average molecular weight is 465 g/mol. The Kier molecular flexibility index (Phi) is 11.2. The lowest BCUT2D eigenvalue weighted by molar-refractivity contribution is 0.210. The van der Waals surface area contributed by atoms with Gasteiger partial charge < -0.3 is 4.90 Å². The lowest BCUT2D eigenvalue weighted by Crippen LogP contribution is -2.39. The molecule has 1 aliphatic rings. The third-order valence-electron chi connectivity index (χ3n) is 4.94. The normalized spacial score (nSPS) is 15.4. The molecule has 0 aromatic heterocycles. The van der Waals surface area contributed by atoms with E-state index in [1.54, 1.807) is 16.1 Å². The summed E-state index contributed by atoms with van der Waals surface area (Å²) in [4.78, 5) is 5.24. The van der Waals surface area contributed by atoms with Gasteiger partial charge in [-0.25, -0.2) is 0 Å². The lowest BCUT2D eigenvalue weighted by atomic mass is 10.1. The van der Waals surface area contributed by atoms with Gasteiger partial charge in [0, 0.05) is 35.2 Å². The SMILES string of the molecule is C#C.OS(O)(c1ccc(Sc2ccccc2)cc1)N(CCS)CCN1CCCCC1. The van der Waals surface area contributed by atoms with Gasteiger partial charge in [0.1, 0.15) is 0 Å². The van der Waals surface area contributed by atoms with Crippen LogP contribution in [0, 0.1) is 12.8 Å². The van der Waals surface area contributed by atoms with Gasteiger partial charge in [0.05, 0.1) is 4.90 Å². The Morgan fingerprint density at radius 3 is 2.10 bits per heavy atom. The predicted octanol–water partition coefficient (Wildman–Crippen LogP) is 5.83. The molecule has 0 bridgehead atoms. The van der Waals surface area contributed by atoms with E-state index in [1.807, 2.05) is 42.5 Å². The van der Waals surface area contributed by atoms with Crippen LogP contribution in [0.1, 0.15) is 19.3 Å². The van der Waals surface area contributed by atoms with Crippen molar-refractivity contribution in [2.75, 3.05) is 38.5 Å². The van der Waals surface area contributed by atoms with Crippen LogP contribution >= 0.6 is 35.2 Å². The highest BCUT2D eigenvalue weighted by Gasteiger charge is 2.25. The van der Waals surface area contributed by atoms with Crippen molar-refractivity contribution in [3.63, 3.8) is 0 Å². The highest BCUT2D eigenvalue weighted by atomic mass is 32.3. The molecule has 1 saturated heterocycles. The van der Waals surface area contributed by atoms with E-state index in [2.05, 4.69) is 42.5 Å². The number of nitrogens with zero attached hydrogens (tertiary/aromatic N) is 2. The van der Waals surface area contributed by atoms with Crippen LogP contribution < -0.4 is 0 Å². The number of piperidine rings is 1. The Hall–Kier alpha value is -1.11. The summed E-state index contributed by atoms with van der Waals surface area (Å²) in [6, 6.07) is 17.8. The molecule has 7 heteroatoms. The van der Waals surface area contributed by atoms with Gasteiger partial charge in [0.15, 0.2) is 0 Å². The van der Waals surface area contributed by atoms with Crippen LogP contribution in [0.5, 0.6) is 0 Å². The van der Waals surface area contributed by atoms with E-state index >= 15 is 0 Å². The topological polar surface area (TPSA) is 46.9 Å². The van der Waals surface area contributed by atoms with Crippen LogP contribution in [0.3, 0.4) is 0 Å². The van der Waals surface area contributed by atoms with Gasteiger partial charge in [0.25, 0.3) is 0 Å². The van der Waals surface area contributed by atoms with E-state index in [1.165, 1.54) is 24.2 Å². The Morgan fingerprint density at radius 2 is 1.50 bits per heavy atom. The molecule has 3 rings (SSSR count). The maximum absolute atomic E-state index is 11.0. The third-order valence-corrected chi connectivity index (χ3v) is 8.15. The molecule has 1 fully saturated rings. The highest BCUT2D eigenvalue weighted by molar-refractivity contribution is 8.22. The summed E-state index contributed by atoms with van der Waals surface area (Å²) in [5.74, 6) is 0.595. The zero-order chi connectivity index (χ0) is 21.8. The molecule has 30 heavy (non-hydrogen) atoms. The van der Waals surface area contributed by atoms with E-state index in [-0.39, 0.29) is 0 Å². The first-order valence-electron chi connectivity index (χ1n) is 10.1. The van der Waals surface area contributed by atoms with Crippen molar-refractivity contribution in [2.24, 2.45) is 0 Å². The summed E-state index contributed by atoms with van der Waals surface area (Å²) in [5.41, 5.74) is 0. The number of rotatable bonds is 9. The van der Waals surface area contributed by atoms with Crippen molar-refractivity contribution in [3.8, 4) is 12.8 Å². The largest absolute Gasteiger partial charge is 0.302 e. The molecule has 1 heterocycles. The Morgan fingerprint density at radius 1 is 0.900 bits per heavy atom. The van der Waals surface area contributed by atoms with Crippen LogP contribution in [0.4, 0.5) is 0 Å². The molecule has 0 saturated carbocycles. The van der Waals surface area contributed by atoms with Crippen molar-refractivity contribution < 1.29 is 9.11 Å². The van der Waals surface area contributed by atoms with Crippen molar-refractivity contribution in [2.45, 2.75) is 33.9 Å². The third kappa shape index (κ3) is 7.54. The standard InChI is InChI=1S/C21H30N2O2S3.C2H2/c24-28(25,23(17-18-26)16-15-22-13-5-2-6-14-22)21-11-9-20(10-12-21)27-19-7-3-1-4-8-19;1-2/h1,3-4,7-12,24-26H,2,5-6,13-18H2;1-2H. The van der Waals surface area contributed by atoms with E-state index in [9.17, 15) is 9.11 Å². The molecule has 4 nitrogen and oxygen atoms in total. The Balaban J connectivity index is 0.00000155. The zero-order valence-corrected chi connectivity index (χ0v) is 19.8. The minimum absolute atomic E-state index is 0.555. The van der Waals surface area contributed by atoms with Gasteiger partial charge in [-0.1, -0.05) is 36.4 Å². The van der Waals surface area contributed by atoms with Crippen molar-refractivity contribution in [1.29, 1.82) is 0 Å². The first kappa shape index (κ1) is 25.2. The molecule has 0 aliphatic carbocycles. The number of terminal acetylenes is 1. The molecular weight excluding hydrogens is 432 g/mol. The van der Waals surface area contributed by atoms with Crippen molar-refractivity contribution in [3.05, 3.63) is 54.6 Å². The van der Waals surface area contributed by atoms with Crippen molar-refractivity contribution >= 4 is 35.2 Å². The van der Waals surface area contributed by atoms with Crippen LogP contribution in [-0.4, -0.2) is 56.8 Å². The summed E-state index contributed by atoms with van der Waals surface area (Å²) >= 11 is 6.00. The summed E-state index contributed by atoms with van der Waals surface area (Å²) in [6.07, 6.45) is 11.8. The molecule has 2 aromatic carbocycles. The molecule has 0 radical (unpaired) electrons. The van der Waals surface area contributed by atoms with Gasteiger partial charge in [-0.3, -0.25) is 9.11 Å². The predicted molar refractivity (Wildman–Crippen MR) is 134 cm³/mol. The van der Waals surface area contributed by atoms with Gasteiger partial charge in [-0.05, 0) is 62.3 Å². The van der Waals surface area contributed by atoms with E-state index in [0.717, 1.165) is 24.5 Å². The van der Waals surface area contributed by atoms with Gasteiger partial charge in [0.2, 0.25) is 0 Å². The Labute approximate surface area is 193 Å². The van der Waals surface area contributed by atoms with Crippen LogP contribution in [0.15, 0.2) is 69.3 Å². The molecule has 2 N–H and O–H groups in total. The fourth-order valence-corrected chi connectivity index (χ4v) is 6.07. The average Bonchev–Trinajstić information content (AvgIpc) is 2.79. The summed E-state index contributed by atoms with van der Waals surface area (Å²) < 4.78 is 23.8. The van der Waals surface area contributed by atoms with Crippen molar-refractivity contribution in [1.82, 2.24) is 9.21 Å². The number of likely N-dealkylation sites (tertiary alicyclic amines) is 1. The second-order valence-electron chi connectivity index (χ2n) is 6.96. The zero-order valence-electron chi connectivity index (χ0n) is 17.3. The molecule has 0 amide bonds. The summed E-state index contributed by atoms with van der Waals surface area (Å²) in [5, 5.41) is 0. The monoisotopic (exact) mass is 464 g/mol. The summed E-state index contributed by atoms with van der Waals surface area (Å²) in [7, 11) is -3.01. The number of thiol groups is 1. The first-order chi connectivity index (χ1) is 14.6. The molecular formula is C23H32N2O2S3. The molecule has 164 valence electrons. The molecule has 0 atom stereocenters. The van der Waals surface area contributed by atoms with E-state index in [0.29, 0.717) is 23.7 Å². The minimum atomic E-state index is -3.01. The number of benzene rings is 2. The first-order valence-corrected chi connectivity index (χ1v) is 13.1. The fraction of sp³-hybridized carbons (Fsp3) is 0.391. The maximum atomic E-state index is 11.0. The minimum Gasteiger partial charge on any atom is -0.302 e. The van der Waals surface area contributed by atoms with Crippen LogP contribution in [0.25, 0.3) is 0 Å². The molecule has 0 unspecified atom stereocenters. The number of hydrogen-bond donors (Lipinski definition) is 3. The summed E-state index contributed by atoms with van der Waals surface area (Å²) in [6.45, 7) is 4.29. The number of hydrogen-bond acceptors (Lipinski definition) is 6. The van der Waals surface area contributed by atoms with Gasteiger partial charge >= 0.3 is 0 Å². The molecule has 2 aromatic rings. The second-order valence-corrected chi connectivity index (χ2v) is 10.6. The second kappa shape index (κ2) is 13.3. The lowest BCUT2D eigenvalue weighted by Gasteiger charge is -2.43. The van der Waals surface area contributed by atoms with Gasteiger partial charge in [-0.2, -0.15) is 16.9 Å². The smallest absolute Gasteiger partial charge is 0.0753 e. The maximum Gasteiger partial charge on any atom is 0.0753 e.